The minimum absolute atomic E-state index is 0.00783. The monoisotopic (exact) mass is 291 g/mol. The highest BCUT2D eigenvalue weighted by atomic mass is 32.1. The van der Waals surface area contributed by atoms with E-state index in [1.54, 1.807) is 0 Å². The van der Waals surface area contributed by atoms with E-state index in [-0.39, 0.29) is 5.91 Å². The summed E-state index contributed by atoms with van der Waals surface area (Å²) in [5, 5.41) is 3.03. The lowest BCUT2D eigenvalue weighted by Gasteiger charge is -2.10. The van der Waals surface area contributed by atoms with Crippen molar-refractivity contribution in [2.75, 3.05) is 33.2 Å². The van der Waals surface area contributed by atoms with Gasteiger partial charge in [0.05, 0.1) is 16.3 Å². The van der Waals surface area contributed by atoms with E-state index in [0.29, 0.717) is 12.5 Å². The van der Waals surface area contributed by atoms with Crippen LogP contribution >= 0.6 is 11.3 Å². The van der Waals surface area contributed by atoms with Gasteiger partial charge in [0.25, 0.3) is 5.91 Å². The van der Waals surface area contributed by atoms with Gasteiger partial charge in [0.1, 0.15) is 0 Å². The maximum atomic E-state index is 12.1. The zero-order chi connectivity index (χ0) is 14.5. The van der Waals surface area contributed by atoms with Crippen molar-refractivity contribution in [3.63, 3.8) is 0 Å². The molecule has 3 N–H and O–H groups in total. The van der Waals surface area contributed by atoms with Crippen LogP contribution in [0, 0.1) is 24.7 Å². The lowest BCUT2D eigenvalue weighted by Crippen LogP contribution is -2.29. The fraction of sp³-hybridized carbons (Fsp3) is 0.533. The zero-order valence-corrected chi connectivity index (χ0v) is 12.8. The number of nitrogens with two attached hydrogens (primary N) is 1. The number of nitrogens with one attached hydrogen (secondary N) is 1. The SMILES string of the molecule is Cc1cc(C(=O)NCC2CCN(C)C2)sc1C#CCN. The molecule has 2 heterocycles. The first kappa shape index (κ1) is 15.0. The molecule has 0 spiro atoms. The molecule has 0 radical (unpaired) electrons. The first-order valence-electron chi connectivity index (χ1n) is 6.86. The minimum Gasteiger partial charge on any atom is -0.351 e. The molecule has 20 heavy (non-hydrogen) atoms. The number of thiophene rings is 1. The van der Waals surface area contributed by atoms with Crippen LogP contribution in [-0.2, 0) is 0 Å². The molecule has 1 unspecified atom stereocenters. The Balaban J connectivity index is 1.92. The summed E-state index contributed by atoms with van der Waals surface area (Å²) in [4.78, 5) is 16.1. The van der Waals surface area contributed by atoms with Gasteiger partial charge in [-0.15, -0.1) is 11.3 Å². The summed E-state index contributed by atoms with van der Waals surface area (Å²) in [5.41, 5.74) is 6.41. The largest absolute Gasteiger partial charge is 0.351 e. The molecule has 1 amide bonds. The third kappa shape index (κ3) is 3.83. The number of rotatable bonds is 3. The lowest BCUT2D eigenvalue weighted by atomic mass is 10.1. The number of aryl methyl sites for hydroxylation is 1. The van der Waals surface area contributed by atoms with Crippen molar-refractivity contribution in [3.8, 4) is 11.8 Å². The zero-order valence-electron chi connectivity index (χ0n) is 12.0. The summed E-state index contributed by atoms with van der Waals surface area (Å²) in [6.07, 6.45) is 1.16. The van der Waals surface area contributed by atoms with Gasteiger partial charge in [0.15, 0.2) is 0 Å². The molecule has 1 aromatic heterocycles. The molecule has 4 nitrogen and oxygen atoms in total. The summed E-state index contributed by atoms with van der Waals surface area (Å²) in [5.74, 6) is 6.42. The standard InChI is InChI=1S/C15H21N3OS/c1-11-8-14(20-13(11)4-3-6-16)15(19)17-9-12-5-7-18(2)10-12/h8,12H,5-7,9-10,16H2,1-2H3,(H,17,19). The van der Waals surface area contributed by atoms with E-state index in [1.807, 2.05) is 13.0 Å². The van der Waals surface area contributed by atoms with Gasteiger partial charge < -0.3 is 16.0 Å². The van der Waals surface area contributed by atoms with Crippen molar-refractivity contribution in [2.45, 2.75) is 13.3 Å². The molecule has 2 rings (SSSR count). The molecule has 1 aliphatic heterocycles. The Morgan fingerprint density at radius 1 is 1.65 bits per heavy atom. The van der Waals surface area contributed by atoms with Crippen LogP contribution in [0.1, 0.15) is 26.5 Å². The van der Waals surface area contributed by atoms with Gasteiger partial charge in [-0.25, -0.2) is 0 Å². The second-order valence-corrected chi connectivity index (χ2v) is 6.31. The molecule has 0 aromatic carbocycles. The van der Waals surface area contributed by atoms with Crippen LogP contribution in [0.2, 0.25) is 0 Å². The molecule has 0 saturated carbocycles. The third-order valence-corrected chi connectivity index (χ3v) is 4.64. The predicted molar refractivity (Wildman–Crippen MR) is 82.9 cm³/mol. The third-order valence-electron chi connectivity index (χ3n) is 3.49. The molecule has 108 valence electrons. The predicted octanol–water partition coefficient (Wildman–Crippen LogP) is 1.05. The molecular weight excluding hydrogens is 270 g/mol. The van der Waals surface area contributed by atoms with Crippen LogP contribution in [0.15, 0.2) is 6.07 Å². The van der Waals surface area contributed by atoms with Crippen LogP contribution in [0.4, 0.5) is 0 Å². The van der Waals surface area contributed by atoms with Crippen molar-refractivity contribution in [1.82, 2.24) is 10.2 Å². The number of carbonyl (C=O) groups excluding carboxylic acids is 1. The number of amides is 1. The Hall–Kier alpha value is -1.35. The lowest BCUT2D eigenvalue weighted by molar-refractivity contribution is 0.0951. The number of hydrogen-bond acceptors (Lipinski definition) is 4. The Bertz CT molecular complexity index is 541. The molecule has 1 fully saturated rings. The van der Waals surface area contributed by atoms with Crippen LogP contribution in [0.25, 0.3) is 0 Å². The highest BCUT2D eigenvalue weighted by Gasteiger charge is 2.20. The van der Waals surface area contributed by atoms with Crippen molar-refractivity contribution < 1.29 is 4.79 Å². The Morgan fingerprint density at radius 3 is 3.10 bits per heavy atom. The quantitative estimate of drug-likeness (QED) is 0.818. The molecular formula is C15H21N3OS. The van der Waals surface area contributed by atoms with E-state index in [4.69, 9.17) is 5.73 Å². The average molecular weight is 291 g/mol. The summed E-state index contributed by atoms with van der Waals surface area (Å²) in [6.45, 7) is 5.26. The maximum Gasteiger partial charge on any atom is 0.261 e. The van der Waals surface area contributed by atoms with Crippen LogP contribution in [-0.4, -0.2) is 44.0 Å². The fourth-order valence-electron chi connectivity index (χ4n) is 2.37. The highest BCUT2D eigenvalue weighted by Crippen LogP contribution is 2.21. The molecule has 1 aromatic rings. The minimum atomic E-state index is 0.00783. The van der Waals surface area contributed by atoms with Gasteiger partial charge in [-0.05, 0) is 44.5 Å². The number of likely N-dealkylation sites (tertiary alicyclic amines) is 1. The van der Waals surface area contributed by atoms with E-state index >= 15 is 0 Å². The van der Waals surface area contributed by atoms with Gasteiger partial charge in [-0.2, -0.15) is 0 Å². The molecule has 0 aliphatic carbocycles. The average Bonchev–Trinajstić information content (AvgIpc) is 3.00. The van der Waals surface area contributed by atoms with E-state index in [1.165, 1.54) is 11.3 Å². The Kier molecular flexibility index (Phi) is 5.18. The van der Waals surface area contributed by atoms with Crippen molar-refractivity contribution in [1.29, 1.82) is 0 Å². The van der Waals surface area contributed by atoms with Crippen molar-refractivity contribution >= 4 is 17.2 Å². The normalized spacial score (nSPS) is 18.6. The van der Waals surface area contributed by atoms with Gasteiger partial charge >= 0.3 is 0 Å². The van der Waals surface area contributed by atoms with E-state index in [9.17, 15) is 4.79 Å². The van der Waals surface area contributed by atoms with Crippen LogP contribution in [0.3, 0.4) is 0 Å². The van der Waals surface area contributed by atoms with Gasteiger partial charge in [0, 0.05) is 13.1 Å². The second kappa shape index (κ2) is 6.89. The topological polar surface area (TPSA) is 58.4 Å². The number of carbonyl (C=O) groups is 1. The molecule has 1 saturated heterocycles. The summed E-state index contributed by atoms with van der Waals surface area (Å²) in [6, 6.07) is 1.90. The van der Waals surface area contributed by atoms with Gasteiger partial charge in [-0.1, -0.05) is 11.8 Å². The summed E-state index contributed by atoms with van der Waals surface area (Å²) >= 11 is 1.44. The first-order chi connectivity index (χ1) is 9.60. The smallest absolute Gasteiger partial charge is 0.261 e. The van der Waals surface area contributed by atoms with Crippen LogP contribution in [0.5, 0.6) is 0 Å². The number of nitrogens with zero attached hydrogens (tertiary/aromatic N) is 1. The van der Waals surface area contributed by atoms with Crippen LogP contribution < -0.4 is 11.1 Å². The van der Waals surface area contributed by atoms with E-state index < -0.39 is 0 Å². The van der Waals surface area contributed by atoms with Gasteiger partial charge in [-0.3, -0.25) is 4.79 Å². The van der Waals surface area contributed by atoms with E-state index in [2.05, 4.69) is 29.1 Å². The molecule has 0 bridgehead atoms. The highest BCUT2D eigenvalue weighted by molar-refractivity contribution is 7.14. The van der Waals surface area contributed by atoms with Crippen molar-refractivity contribution in [3.05, 3.63) is 21.4 Å². The fourth-order valence-corrected chi connectivity index (χ4v) is 3.33. The number of hydrogen-bond donors (Lipinski definition) is 2. The van der Waals surface area contributed by atoms with Crippen molar-refractivity contribution in [2.24, 2.45) is 11.7 Å². The summed E-state index contributed by atoms with van der Waals surface area (Å²) in [7, 11) is 2.12. The van der Waals surface area contributed by atoms with Gasteiger partial charge in [0.2, 0.25) is 0 Å². The Labute approximate surface area is 124 Å². The maximum absolute atomic E-state index is 12.1. The molecule has 5 heteroatoms. The second-order valence-electron chi connectivity index (χ2n) is 5.26. The first-order valence-corrected chi connectivity index (χ1v) is 7.68. The molecule has 1 aliphatic rings. The molecule has 1 atom stereocenters. The van der Waals surface area contributed by atoms with E-state index in [0.717, 1.165) is 41.4 Å². The summed E-state index contributed by atoms with van der Waals surface area (Å²) < 4.78 is 0. The Morgan fingerprint density at radius 2 is 2.45 bits per heavy atom.